The van der Waals surface area contributed by atoms with E-state index in [1.54, 1.807) is 0 Å². The predicted octanol–water partition coefficient (Wildman–Crippen LogP) is 4.52. The van der Waals surface area contributed by atoms with Gasteiger partial charge in [0.25, 0.3) is 0 Å². The van der Waals surface area contributed by atoms with Crippen molar-refractivity contribution >= 4 is 23.2 Å². The standard InChI is InChI=1S/C15H13Cl2NO/c16-10-5-3-6-11(17)15(10)14-8-12(18)9-4-1-2-7-13(9)19-14/h1-7,12,14H,8,18H2. The molecule has 2 aromatic rings. The first-order chi connectivity index (χ1) is 9.16. The lowest BCUT2D eigenvalue weighted by atomic mass is 9.93. The van der Waals surface area contributed by atoms with Crippen molar-refractivity contribution in [3.63, 3.8) is 0 Å². The van der Waals surface area contributed by atoms with Gasteiger partial charge in [0.05, 0.1) is 0 Å². The summed E-state index contributed by atoms with van der Waals surface area (Å²) in [5.41, 5.74) is 8.05. The monoisotopic (exact) mass is 293 g/mol. The molecule has 0 aromatic heterocycles. The summed E-state index contributed by atoms with van der Waals surface area (Å²) in [5.74, 6) is 0.808. The molecule has 19 heavy (non-hydrogen) atoms. The summed E-state index contributed by atoms with van der Waals surface area (Å²) < 4.78 is 6.00. The fraction of sp³-hybridized carbons (Fsp3) is 0.200. The fourth-order valence-electron chi connectivity index (χ4n) is 2.45. The first-order valence-electron chi connectivity index (χ1n) is 6.12. The Morgan fingerprint density at radius 1 is 1.00 bits per heavy atom. The van der Waals surface area contributed by atoms with Gasteiger partial charge in [-0.25, -0.2) is 0 Å². The van der Waals surface area contributed by atoms with E-state index < -0.39 is 0 Å². The number of halogens is 2. The van der Waals surface area contributed by atoms with Gasteiger partial charge in [0.15, 0.2) is 0 Å². The maximum atomic E-state index is 6.23. The molecule has 2 atom stereocenters. The van der Waals surface area contributed by atoms with E-state index in [1.165, 1.54) is 0 Å². The van der Waals surface area contributed by atoms with Crippen molar-refractivity contribution in [1.29, 1.82) is 0 Å². The molecule has 0 amide bonds. The molecule has 1 aliphatic heterocycles. The van der Waals surface area contributed by atoms with Gasteiger partial charge in [-0.15, -0.1) is 0 Å². The van der Waals surface area contributed by atoms with Crippen molar-refractivity contribution in [2.24, 2.45) is 5.73 Å². The lowest BCUT2D eigenvalue weighted by Crippen LogP contribution is -2.24. The van der Waals surface area contributed by atoms with E-state index in [9.17, 15) is 0 Å². The molecule has 2 N–H and O–H groups in total. The molecule has 2 unspecified atom stereocenters. The number of fused-ring (bicyclic) bond motifs is 1. The number of rotatable bonds is 1. The molecule has 0 fully saturated rings. The van der Waals surface area contributed by atoms with Gasteiger partial charge in [-0.05, 0) is 18.2 Å². The Balaban J connectivity index is 2.02. The fourth-order valence-corrected chi connectivity index (χ4v) is 3.09. The largest absolute Gasteiger partial charge is 0.485 e. The zero-order chi connectivity index (χ0) is 13.4. The van der Waals surface area contributed by atoms with Crippen molar-refractivity contribution in [3.8, 4) is 5.75 Å². The number of benzene rings is 2. The van der Waals surface area contributed by atoms with Crippen molar-refractivity contribution in [2.45, 2.75) is 18.6 Å². The molecule has 98 valence electrons. The van der Waals surface area contributed by atoms with Crippen LogP contribution in [0.2, 0.25) is 10.0 Å². The Labute approximate surface area is 122 Å². The lowest BCUT2D eigenvalue weighted by Gasteiger charge is -2.31. The summed E-state index contributed by atoms with van der Waals surface area (Å²) in [6.45, 7) is 0. The highest BCUT2D eigenvalue weighted by atomic mass is 35.5. The van der Waals surface area contributed by atoms with Crippen molar-refractivity contribution in [3.05, 3.63) is 63.6 Å². The van der Waals surface area contributed by atoms with Gasteiger partial charge in [-0.2, -0.15) is 0 Å². The zero-order valence-electron chi connectivity index (χ0n) is 10.1. The van der Waals surface area contributed by atoms with Gasteiger partial charge < -0.3 is 10.5 Å². The minimum atomic E-state index is -0.203. The minimum absolute atomic E-state index is 0.0673. The number of nitrogens with two attached hydrogens (primary N) is 1. The smallest absolute Gasteiger partial charge is 0.128 e. The van der Waals surface area contributed by atoms with Gasteiger partial charge in [-0.3, -0.25) is 0 Å². The Hall–Kier alpha value is -1.22. The molecule has 4 heteroatoms. The van der Waals surface area contributed by atoms with Crippen LogP contribution in [0.5, 0.6) is 5.75 Å². The van der Waals surface area contributed by atoms with Crippen LogP contribution >= 0.6 is 23.2 Å². The van der Waals surface area contributed by atoms with Crippen molar-refractivity contribution in [2.75, 3.05) is 0 Å². The number of ether oxygens (including phenoxy) is 1. The third-order valence-corrected chi connectivity index (χ3v) is 4.04. The average Bonchev–Trinajstić information content (AvgIpc) is 2.38. The molecule has 2 nitrogen and oxygen atoms in total. The lowest BCUT2D eigenvalue weighted by molar-refractivity contribution is 0.162. The Bertz CT molecular complexity index is 595. The summed E-state index contributed by atoms with van der Waals surface area (Å²) in [4.78, 5) is 0. The maximum absolute atomic E-state index is 6.23. The summed E-state index contributed by atoms with van der Waals surface area (Å²) in [6, 6.07) is 13.2. The second-order valence-electron chi connectivity index (χ2n) is 4.62. The highest BCUT2D eigenvalue weighted by Gasteiger charge is 2.29. The van der Waals surface area contributed by atoms with Crippen LogP contribution in [0.3, 0.4) is 0 Å². The van der Waals surface area contributed by atoms with Crippen LogP contribution < -0.4 is 10.5 Å². The summed E-state index contributed by atoms with van der Waals surface area (Å²) >= 11 is 12.5. The van der Waals surface area contributed by atoms with E-state index in [0.717, 1.165) is 16.9 Å². The maximum Gasteiger partial charge on any atom is 0.128 e. The molecular formula is C15H13Cl2NO. The molecule has 0 radical (unpaired) electrons. The van der Waals surface area contributed by atoms with Crippen LogP contribution in [-0.2, 0) is 0 Å². The quantitative estimate of drug-likeness (QED) is 0.839. The van der Waals surface area contributed by atoms with E-state index in [2.05, 4.69) is 0 Å². The van der Waals surface area contributed by atoms with Crippen LogP contribution in [0.25, 0.3) is 0 Å². The third-order valence-electron chi connectivity index (χ3n) is 3.38. The van der Waals surface area contributed by atoms with E-state index in [-0.39, 0.29) is 12.1 Å². The van der Waals surface area contributed by atoms with E-state index in [0.29, 0.717) is 16.5 Å². The molecule has 1 aliphatic rings. The molecule has 1 heterocycles. The molecule has 3 rings (SSSR count). The summed E-state index contributed by atoms with van der Waals surface area (Å²) in [7, 11) is 0. The summed E-state index contributed by atoms with van der Waals surface area (Å²) in [6.07, 6.45) is 0.464. The number of para-hydroxylation sites is 1. The second-order valence-corrected chi connectivity index (χ2v) is 5.44. The van der Waals surface area contributed by atoms with E-state index in [4.69, 9.17) is 33.7 Å². The SMILES string of the molecule is NC1CC(c2c(Cl)cccc2Cl)Oc2ccccc21. The third kappa shape index (κ3) is 2.32. The molecule has 0 spiro atoms. The van der Waals surface area contributed by atoms with Crippen LogP contribution in [0.4, 0.5) is 0 Å². The van der Waals surface area contributed by atoms with Gasteiger partial charge in [0.2, 0.25) is 0 Å². The minimum Gasteiger partial charge on any atom is -0.485 e. The van der Waals surface area contributed by atoms with Crippen LogP contribution in [0.1, 0.15) is 29.7 Å². The van der Waals surface area contributed by atoms with Gasteiger partial charge in [0.1, 0.15) is 11.9 Å². The zero-order valence-corrected chi connectivity index (χ0v) is 11.7. The molecular weight excluding hydrogens is 281 g/mol. The number of hydrogen-bond acceptors (Lipinski definition) is 2. The Kier molecular flexibility index (Phi) is 3.40. The Morgan fingerprint density at radius 2 is 1.68 bits per heavy atom. The van der Waals surface area contributed by atoms with Gasteiger partial charge >= 0.3 is 0 Å². The van der Waals surface area contributed by atoms with E-state index in [1.807, 2.05) is 42.5 Å². The van der Waals surface area contributed by atoms with Crippen LogP contribution in [0, 0.1) is 0 Å². The van der Waals surface area contributed by atoms with Gasteiger partial charge in [0, 0.05) is 33.6 Å². The molecule has 2 aromatic carbocycles. The average molecular weight is 294 g/mol. The second kappa shape index (κ2) is 5.04. The predicted molar refractivity (Wildman–Crippen MR) is 77.8 cm³/mol. The van der Waals surface area contributed by atoms with Crippen molar-refractivity contribution in [1.82, 2.24) is 0 Å². The normalized spacial score (nSPS) is 21.6. The molecule has 0 aliphatic carbocycles. The summed E-state index contributed by atoms with van der Waals surface area (Å²) in [5, 5.41) is 1.23. The molecule has 0 saturated heterocycles. The first kappa shape index (κ1) is 12.8. The Morgan fingerprint density at radius 3 is 2.42 bits per heavy atom. The van der Waals surface area contributed by atoms with Gasteiger partial charge in [-0.1, -0.05) is 47.5 Å². The van der Waals surface area contributed by atoms with Crippen molar-refractivity contribution < 1.29 is 4.74 Å². The van der Waals surface area contributed by atoms with Crippen LogP contribution in [-0.4, -0.2) is 0 Å². The molecule has 0 saturated carbocycles. The topological polar surface area (TPSA) is 35.2 Å². The molecule has 0 bridgehead atoms. The van der Waals surface area contributed by atoms with E-state index >= 15 is 0 Å². The van der Waals surface area contributed by atoms with Crippen LogP contribution in [0.15, 0.2) is 42.5 Å². The highest BCUT2D eigenvalue weighted by molar-refractivity contribution is 6.36. The first-order valence-corrected chi connectivity index (χ1v) is 6.87. The highest BCUT2D eigenvalue weighted by Crippen LogP contribution is 2.43. The number of hydrogen-bond donors (Lipinski definition) is 1.